The van der Waals surface area contributed by atoms with Crippen molar-refractivity contribution in [1.29, 1.82) is 0 Å². The van der Waals surface area contributed by atoms with E-state index in [0.717, 1.165) is 19.5 Å². The molecule has 4 nitrogen and oxygen atoms in total. The van der Waals surface area contributed by atoms with E-state index in [1.54, 1.807) is 0 Å². The van der Waals surface area contributed by atoms with Crippen LogP contribution >= 0.6 is 0 Å². The highest BCUT2D eigenvalue weighted by Gasteiger charge is 2.43. The molecule has 1 unspecified atom stereocenters. The molecule has 1 aliphatic carbocycles. The Kier molecular flexibility index (Phi) is 4.63. The SMILES string of the molecule is CCN(CC)C1(C(N)Cc2cnn(C)c2)CCCC1. The van der Waals surface area contributed by atoms with Crippen molar-refractivity contribution in [2.24, 2.45) is 12.8 Å². The average molecular weight is 264 g/mol. The first-order chi connectivity index (χ1) is 9.12. The van der Waals surface area contributed by atoms with Gasteiger partial charge in [0.15, 0.2) is 0 Å². The summed E-state index contributed by atoms with van der Waals surface area (Å²) in [5.74, 6) is 0. The van der Waals surface area contributed by atoms with E-state index in [4.69, 9.17) is 5.73 Å². The minimum absolute atomic E-state index is 0.207. The molecule has 1 fully saturated rings. The van der Waals surface area contributed by atoms with E-state index in [1.807, 2.05) is 17.9 Å². The largest absolute Gasteiger partial charge is 0.326 e. The zero-order valence-electron chi connectivity index (χ0n) is 12.6. The number of likely N-dealkylation sites (N-methyl/N-ethyl adjacent to an activating group) is 1. The third-order valence-corrected chi connectivity index (χ3v) is 4.77. The van der Waals surface area contributed by atoms with Crippen molar-refractivity contribution < 1.29 is 0 Å². The van der Waals surface area contributed by atoms with E-state index in [0.29, 0.717) is 0 Å². The van der Waals surface area contributed by atoms with Gasteiger partial charge in [-0.3, -0.25) is 9.58 Å². The fourth-order valence-corrected chi connectivity index (χ4v) is 3.78. The van der Waals surface area contributed by atoms with E-state index < -0.39 is 0 Å². The Bertz CT molecular complexity index is 389. The molecule has 1 atom stereocenters. The highest BCUT2D eigenvalue weighted by Crippen LogP contribution is 2.38. The van der Waals surface area contributed by atoms with Crippen molar-refractivity contribution in [2.75, 3.05) is 13.1 Å². The molecular formula is C15H28N4. The van der Waals surface area contributed by atoms with Gasteiger partial charge in [-0.25, -0.2) is 0 Å². The summed E-state index contributed by atoms with van der Waals surface area (Å²) < 4.78 is 1.86. The van der Waals surface area contributed by atoms with Gasteiger partial charge in [-0.05, 0) is 37.9 Å². The fourth-order valence-electron chi connectivity index (χ4n) is 3.78. The molecule has 108 valence electrons. The molecule has 0 aliphatic heterocycles. The zero-order chi connectivity index (χ0) is 13.9. The first-order valence-electron chi connectivity index (χ1n) is 7.60. The average Bonchev–Trinajstić information content (AvgIpc) is 3.01. The highest BCUT2D eigenvalue weighted by molar-refractivity contribution is 5.12. The first kappa shape index (κ1) is 14.5. The van der Waals surface area contributed by atoms with Crippen LogP contribution in [0.15, 0.2) is 12.4 Å². The van der Waals surface area contributed by atoms with Crippen LogP contribution in [0.5, 0.6) is 0 Å². The Morgan fingerprint density at radius 2 is 2.00 bits per heavy atom. The summed E-state index contributed by atoms with van der Waals surface area (Å²) in [6, 6.07) is 0.207. The van der Waals surface area contributed by atoms with Crippen molar-refractivity contribution in [3.63, 3.8) is 0 Å². The Hall–Kier alpha value is -0.870. The lowest BCUT2D eigenvalue weighted by Gasteiger charge is -2.45. The van der Waals surface area contributed by atoms with Crippen LogP contribution in [0.25, 0.3) is 0 Å². The highest BCUT2D eigenvalue weighted by atomic mass is 15.2. The van der Waals surface area contributed by atoms with Gasteiger partial charge in [-0.2, -0.15) is 5.10 Å². The molecule has 0 amide bonds. The van der Waals surface area contributed by atoms with E-state index in [-0.39, 0.29) is 11.6 Å². The van der Waals surface area contributed by atoms with Crippen LogP contribution in [0.4, 0.5) is 0 Å². The number of nitrogens with two attached hydrogens (primary N) is 1. The van der Waals surface area contributed by atoms with Crippen molar-refractivity contribution >= 4 is 0 Å². The summed E-state index contributed by atoms with van der Waals surface area (Å²) in [7, 11) is 1.96. The summed E-state index contributed by atoms with van der Waals surface area (Å²) in [5.41, 5.74) is 8.09. The van der Waals surface area contributed by atoms with Crippen LogP contribution in [-0.4, -0.2) is 39.4 Å². The number of nitrogens with zero attached hydrogens (tertiary/aromatic N) is 3. The van der Waals surface area contributed by atoms with Gasteiger partial charge in [0.25, 0.3) is 0 Å². The molecule has 0 bridgehead atoms. The Labute approximate surface area is 117 Å². The van der Waals surface area contributed by atoms with Gasteiger partial charge in [-0.1, -0.05) is 26.7 Å². The second-order valence-corrected chi connectivity index (χ2v) is 5.82. The maximum atomic E-state index is 6.63. The van der Waals surface area contributed by atoms with Crippen molar-refractivity contribution in [3.8, 4) is 0 Å². The number of aromatic nitrogens is 2. The molecular weight excluding hydrogens is 236 g/mol. The lowest BCUT2D eigenvalue weighted by atomic mass is 9.83. The van der Waals surface area contributed by atoms with Gasteiger partial charge in [0.2, 0.25) is 0 Å². The standard InChI is InChI=1S/C15H28N4/c1-4-19(5-2)15(8-6-7-9-15)14(16)10-13-11-17-18(3)12-13/h11-12,14H,4-10,16H2,1-3H3. The third-order valence-electron chi connectivity index (χ3n) is 4.77. The van der Waals surface area contributed by atoms with Crippen LogP contribution < -0.4 is 5.73 Å². The predicted octanol–water partition coefficient (Wildman–Crippen LogP) is 1.94. The van der Waals surface area contributed by atoms with E-state index in [9.17, 15) is 0 Å². The Morgan fingerprint density at radius 1 is 1.37 bits per heavy atom. The predicted molar refractivity (Wildman–Crippen MR) is 79.0 cm³/mol. The topological polar surface area (TPSA) is 47.1 Å². The van der Waals surface area contributed by atoms with Crippen LogP contribution in [0, 0.1) is 0 Å². The Morgan fingerprint density at radius 3 is 2.47 bits per heavy atom. The molecule has 4 heteroatoms. The minimum atomic E-state index is 0.207. The summed E-state index contributed by atoms with van der Waals surface area (Å²) in [4.78, 5) is 2.58. The lowest BCUT2D eigenvalue weighted by molar-refractivity contribution is 0.0772. The summed E-state index contributed by atoms with van der Waals surface area (Å²) >= 11 is 0. The molecule has 1 heterocycles. The third kappa shape index (κ3) is 2.84. The smallest absolute Gasteiger partial charge is 0.0522 e. The van der Waals surface area contributed by atoms with Gasteiger partial charge in [0, 0.05) is 24.8 Å². The quantitative estimate of drug-likeness (QED) is 0.854. The van der Waals surface area contributed by atoms with Crippen LogP contribution in [0.3, 0.4) is 0 Å². The van der Waals surface area contributed by atoms with Crippen molar-refractivity contribution in [1.82, 2.24) is 14.7 Å². The molecule has 1 aromatic heterocycles. The van der Waals surface area contributed by atoms with E-state index in [1.165, 1.54) is 31.2 Å². The number of rotatable bonds is 6. The molecule has 1 aliphatic rings. The molecule has 0 radical (unpaired) electrons. The second-order valence-electron chi connectivity index (χ2n) is 5.82. The van der Waals surface area contributed by atoms with Gasteiger partial charge in [-0.15, -0.1) is 0 Å². The number of hydrogen-bond acceptors (Lipinski definition) is 3. The number of hydrogen-bond donors (Lipinski definition) is 1. The molecule has 2 N–H and O–H groups in total. The van der Waals surface area contributed by atoms with E-state index in [2.05, 4.69) is 30.0 Å². The van der Waals surface area contributed by atoms with Gasteiger partial charge >= 0.3 is 0 Å². The van der Waals surface area contributed by atoms with Crippen LogP contribution in [0.2, 0.25) is 0 Å². The molecule has 19 heavy (non-hydrogen) atoms. The molecule has 0 aromatic carbocycles. The maximum Gasteiger partial charge on any atom is 0.0522 e. The zero-order valence-corrected chi connectivity index (χ0v) is 12.6. The molecule has 2 rings (SSSR count). The van der Waals surface area contributed by atoms with E-state index >= 15 is 0 Å². The fraction of sp³-hybridized carbons (Fsp3) is 0.800. The molecule has 0 spiro atoms. The molecule has 1 saturated carbocycles. The summed E-state index contributed by atoms with van der Waals surface area (Å²) in [6.45, 7) is 6.69. The Balaban J connectivity index is 2.14. The lowest BCUT2D eigenvalue weighted by Crippen LogP contribution is -2.59. The minimum Gasteiger partial charge on any atom is -0.326 e. The molecule has 0 saturated heterocycles. The summed E-state index contributed by atoms with van der Waals surface area (Å²) in [6.07, 6.45) is 10.1. The summed E-state index contributed by atoms with van der Waals surface area (Å²) in [5, 5.41) is 4.25. The van der Waals surface area contributed by atoms with Crippen LogP contribution in [0.1, 0.15) is 45.1 Å². The van der Waals surface area contributed by atoms with Gasteiger partial charge in [0.1, 0.15) is 0 Å². The van der Waals surface area contributed by atoms with Gasteiger partial charge < -0.3 is 5.73 Å². The second kappa shape index (κ2) is 6.06. The van der Waals surface area contributed by atoms with Crippen molar-refractivity contribution in [3.05, 3.63) is 18.0 Å². The van der Waals surface area contributed by atoms with Crippen molar-refractivity contribution in [2.45, 2.75) is 57.5 Å². The van der Waals surface area contributed by atoms with Crippen LogP contribution in [-0.2, 0) is 13.5 Å². The first-order valence-corrected chi connectivity index (χ1v) is 7.60. The number of aryl methyl sites for hydroxylation is 1. The normalized spacial score (nSPS) is 20.1. The maximum absolute atomic E-state index is 6.63. The van der Waals surface area contributed by atoms with Gasteiger partial charge in [0.05, 0.1) is 6.20 Å². The monoisotopic (exact) mass is 264 g/mol. The molecule has 1 aromatic rings.